The van der Waals surface area contributed by atoms with Gasteiger partial charge in [0.25, 0.3) is 6.43 Å². The molecule has 1 aromatic rings. The fraction of sp³-hybridized carbons (Fsp3) is 0.333. The van der Waals surface area contributed by atoms with Crippen LogP contribution in [0.5, 0.6) is 0 Å². The van der Waals surface area contributed by atoms with Crippen LogP contribution in [-0.4, -0.2) is 0 Å². The lowest BCUT2D eigenvalue weighted by molar-refractivity contribution is 0.151. The van der Waals surface area contributed by atoms with Crippen LogP contribution in [0.25, 0.3) is 0 Å². The summed E-state index contributed by atoms with van der Waals surface area (Å²) in [6.45, 7) is 1.60. The molecule has 1 nitrogen and oxygen atoms in total. The van der Waals surface area contributed by atoms with Gasteiger partial charge >= 0.3 is 0 Å². The Kier molecular flexibility index (Phi) is 4.94. The highest BCUT2D eigenvalue weighted by Gasteiger charge is 2.12. The van der Waals surface area contributed by atoms with E-state index < -0.39 is 18.3 Å². The van der Waals surface area contributed by atoms with E-state index in [1.807, 2.05) is 0 Å². The van der Waals surface area contributed by atoms with Crippen LogP contribution in [0.3, 0.4) is 0 Å². The molecule has 0 aliphatic rings. The molecule has 0 saturated heterocycles. The van der Waals surface area contributed by atoms with E-state index >= 15 is 0 Å². The Balaban J connectivity index is 0.00000169. The van der Waals surface area contributed by atoms with Crippen molar-refractivity contribution in [1.29, 1.82) is 0 Å². The lowest BCUT2D eigenvalue weighted by Crippen LogP contribution is -2.07. The SMILES string of the molecule is C[C@@H](N)c1ccc(C(F)F)cc1F.Cl. The van der Waals surface area contributed by atoms with E-state index in [9.17, 15) is 13.2 Å². The summed E-state index contributed by atoms with van der Waals surface area (Å²) in [5.41, 5.74) is 5.35. The van der Waals surface area contributed by atoms with Crippen LogP contribution in [0.15, 0.2) is 18.2 Å². The standard InChI is InChI=1S/C9H10F3N.ClH/c1-5(13)7-3-2-6(9(11)12)4-8(7)10;/h2-5,9H,13H2,1H3;1H/t5-;/m1./s1. The Labute approximate surface area is 86.5 Å². The molecule has 0 radical (unpaired) electrons. The first-order valence-electron chi connectivity index (χ1n) is 3.85. The van der Waals surface area contributed by atoms with Crippen molar-refractivity contribution in [2.24, 2.45) is 5.73 Å². The number of hydrogen-bond acceptors (Lipinski definition) is 1. The van der Waals surface area contributed by atoms with E-state index in [2.05, 4.69) is 0 Å². The quantitative estimate of drug-likeness (QED) is 0.822. The van der Waals surface area contributed by atoms with Crippen LogP contribution in [0.1, 0.15) is 30.5 Å². The Morgan fingerprint density at radius 3 is 2.21 bits per heavy atom. The molecule has 0 aliphatic carbocycles. The first-order valence-corrected chi connectivity index (χ1v) is 3.85. The third-order valence-electron chi connectivity index (χ3n) is 1.77. The molecule has 0 amide bonds. The van der Waals surface area contributed by atoms with Gasteiger partial charge < -0.3 is 5.73 Å². The molecule has 0 bridgehead atoms. The van der Waals surface area contributed by atoms with Crippen LogP contribution >= 0.6 is 12.4 Å². The Morgan fingerprint density at radius 2 is 1.86 bits per heavy atom. The largest absolute Gasteiger partial charge is 0.324 e. The predicted molar refractivity (Wildman–Crippen MR) is 51.2 cm³/mol. The van der Waals surface area contributed by atoms with Crippen molar-refractivity contribution in [3.8, 4) is 0 Å². The Hall–Kier alpha value is -0.740. The second kappa shape index (κ2) is 5.22. The van der Waals surface area contributed by atoms with Crippen LogP contribution < -0.4 is 5.73 Å². The number of rotatable bonds is 2. The average Bonchev–Trinajstić information content (AvgIpc) is 2.03. The number of benzene rings is 1. The smallest absolute Gasteiger partial charge is 0.263 e. The van der Waals surface area contributed by atoms with Crippen molar-refractivity contribution in [2.75, 3.05) is 0 Å². The van der Waals surface area contributed by atoms with Gasteiger partial charge in [0.1, 0.15) is 5.82 Å². The van der Waals surface area contributed by atoms with Crippen molar-refractivity contribution in [3.63, 3.8) is 0 Å². The first-order chi connectivity index (χ1) is 6.02. The minimum absolute atomic E-state index is 0. The molecule has 80 valence electrons. The molecule has 5 heteroatoms. The summed E-state index contributed by atoms with van der Waals surface area (Å²) in [7, 11) is 0. The molecular weight excluding hydrogens is 215 g/mol. The third kappa shape index (κ3) is 2.89. The van der Waals surface area contributed by atoms with Gasteiger partial charge in [-0.1, -0.05) is 12.1 Å². The maximum absolute atomic E-state index is 13.0. The monoisotopic (exact) mass is 225 g/mol. The van der Waals surface area contributed by atoms with E-state index in [0.717, 1.165) is 6.07 Å². The normalized spacial score (nSPS) is 12.4. The van der Waals surface area contributed by atoms with E-state index in [4.69, 9.17) is 5.73 Å². The second-order valence-electron chi connectivity index (χ2n) is 2.87. The van der Waals surface area contributed by atoms with Crippen LogP contribution in [-0.2, 0) is 0 Å². The summed E-state index contributed by atoms with van der Waals surface area (Å²) in [5, 5.41) is 0. The van der Waals surface area contributed by atoms with Gasteiger partial charge in [0, 0.05) is 17.2 Å². The second-order valence-corrected chi connectivity index (χ2v) is 2.87. The van der Waals surface area contributed by atoms with Gasteiger partial charge in [-0.25, -0.2) is 13.2 Å². The Bertz CT molecular complexity index is 302. The first kappa shape index (κ1) is 13.3. The molecular formula is C9H11ClF3N. The highest BCUT2D eigenvalue weighted by molar-refractivity contribution is 5.85. The van der Waals surface area contributed by atoms with Crippen molar-refractivity contribution in [2.45, 2.75) is 19.4 Å². The minimum atomic E-state index is -2.64. The zero-order valence-electron chi connectivity index (χ0n) is 7.51. The number of nitrogens with two attached hydrogens (primary N) is 1. The predicted octanol–water partition coefficient (Wildman–Crippen LogP) is 3.20. The molecule has 0 aromatic heterocycles. The van der Waals surface area contributed by atoms with Crippen LogP contribution in [0, 0.1) is 5.82 Å². The van der Waals surface area contributed by atoms with Gasteiger partial charge in [0.2, 0.25) is 0 Å². The number of halogens is 4. The van der Waals surface area contributed by atoms with Crippen molar-refractivity contribution in [3.05, 3.63) is 35.1 Å². The van der Waals surface area contributed by atoms with Gasteiger partial charge in [-0.05, 0) is 13.0 Å². The fourth-order valence-electron chi connectivity index (χ4n) is 1.05. The minimum Gasteiger partial charge on any atom is -0.324 e. The maximum Gasteiger partial charge on any atom is 0.263 e. The van der Waals surface area contributed by atoms with Gasteiger partial charge in [-0.15, -0.1) is 12.4 Å². The van der Waals surface area contributed by atoms with Gasteiger partial charge in [0.05, 0.1) is 0 Å². The van der Waals surface area contributed by atoms with Gasteiger partial charge in [-0.2, -0.15) is 0 Å². The maximum atomic E-state index is 13.0. The fourth-order valence-corrected chi connectivity index (χ4v) is 1.05. The summed E-state index contributed by atoms with van der Waals surface area (Å²) in [6, 6.07) is 2.82. The van der Waals surface area contributed by atoms with Gasteiger partial charge in [0.15, 0.2) is 0 Å². The molecule has 0 unspecified atom stereocenters. The van der Waals surface area contributed by atoms with Gasteiger partial charge in [-0.3, -0.25) is 0 Å². The van der Waals surface area contributed by atoms with Crippen LogP contribution in [0.4, 0.5) is 13.2 Å². The summed E-state index contributed by atoms with van der Waals surface area (Å²) < 4.78 is 37.2. The van der Waals surface area contributed by atoms with Crippen molar-refractivity contribution < 1.29 is 13.2 Å². The molecule has 2 N–H and O–H groups in total. The third-order valence-corrected chi connectivity index (χ3v) is 1.77. The zero-order chi connectivity index (χ0) is 10.0. The highest BCUT2D eigenvalue weighted by atomic mass is 35.5. The van der Waals surface area contributed by atoms with Crippen molar-refractivity contribution >= 4 is 12.4 Å². The Morgan fingerprint density at radius 1 is 1.29 bits per heavy atom. The molecule has 14 heavy (non-hydrogen) atoms. The average molecular weight is 226 g/mol. The molecule has 0 heterocycles. The molecule has 0 fully saturated rings. The van der Waals surface area contributed by atoms with Crippen LogP contribution in [0.2, 0.25) is 0 Å². The van der Waals surface area contributed by atoms with E-state index in [0.29, 0.717) is 0 Å². The molecule has 0 spiro atoms. The van der Waals surface area contributed by atoms with E-state index in [1.165, 1.54) is 12.1 Å². The molecule has 1 rings (SSSR count). The number of hydrogen-bond donors (Lipinski definition) is 1. The van der Waals surface area contributed by atoms with E-state index in [1.54, 1.807) is 6.92 Å². The zero-order valence-corrected chi connectivity index (χ0v) is 8.32. The molecule has 0 aliphatic heterocycles. The number of alkyl halides is 2. The lowest BCUT2D eigenvalue weighted by Gasteiger charge is -2.08. The molecule has 0 saturated carbocycles. The summed E-state index contributed by atoms with van der Waals surface area (Å²) >= 11 is 0. The lowest BCUT2D eigenvalue weighted by atomic mass is 10.1. The van der Waals surface area contributed by atoms with E-state index in [-0.39, 0.29) is 23.5 Å². The molecule has 1 atom stereocenters. The highest BCUT2D eigenvalue weighted by Crippen LogP contribution is 2.23. The summed E-state index contributed by atoms with van der Waals surface area (Å²) in [5.74, 6) is -0.673. The summed E-state index contributed by atoms with van der Waals surface area (Å²) in [6.07, 6.45) is -2.64. The summed E-state index contributed by atoms with van der Waals surface area (Å²) in [4.78, 5) is 0. The topological polar surface area (TPSA) is 26.0 Å². The van der Waals surface area contributed by atoms with Crippen molar-refractivity contribution in [1.82, 2.24) is 0 Å². The molecule has 1 aromatic carbocycles.